The van der Waals surface area contributed by atoms with Gasteiger partial charge in [0.05, 0.1) is 12.2 Å². The van der Waals surface area contributed by atoms with Crippen molar-refractivity contribution in [3.63, 3.8) is 0 Å². The van der Waals surface area contributed by atoms with Crippen LogP contribution in [0.2, 0.25) is 0 Å². The third-order valence-corrected chi connectivity index (χ3v) is 4.41. The minimum atomic E-state index is -0.363. The fourth-order valence-electron chi connectivity index (χ4n) is 2.83. The molecule has 2 aromatic carbocycles. The molecule has 4 rings (SSSR count). The van der Waals surface area contributed by atoms with Crippen LogP contribution < -0.4 is 15.2 Å². The van der Waals surface area contributed by atoms with E-state index in [1.165, 1.54) is 0 Å². The highest BCUT2D eigenvalue weighted by atomic mass is 16.5. The predicted molar refractivity (Wildman–Crippen MR) is 109 cm³/mol. The number of carbonyl (C=O) groups is 2. The van der Waals surface area contributed by atoms with E-state index in [-0.39, 0.29) is 11.7 Å². The summed E-state index contributed by atoms with van der Waals surface area (Å²) >= 11 is 0. The van der Waals surface area contributed by atoms with Crippen molar-refractivity contribution < 1.29 is 19.1 Å². The first-order valence-corrected chi connectivity index (χ1v) is 9.22. The zero-order valence-electron chi connectivity index (χ0n) is 16.1. The monoisotopic (exact) mass is 390 g/mol. The normalized spacial score (nSPS) is 12.1. The second-order valence-electron chi connectivity index (χ2n) is 6.50. The van der Waals surface area contributed by atoms with Gasteiger partial charge in [0.15, 0.2) is 5.78 Å². The van der Waals surface area contributed by atoms with Gasteiger partial charge in [-0.25, -0.2) is 0 Å². The third kappa shape index (κ3) is 5.42. The molecule has 1 aliphatic rings. The number of ketones is 1. The molecule has 148 valence electrons. The number of ether oxygens (including phenoxy) is 2. The van der Waals surface area contributed by atoms with Crippen LogP contribution in [0.5, 0.6) is 11.5 Å². The smallest absolute Gasteiger partial charge is 0.248 e. The Morgan fingerprint density at radius 1 is 1.14 bits per heavy atom. The Kier molecular flexibility index (Phi) is 6.58. The number of benzene rings is 2. The van der Waals surface area contributed by atoms with Crippen LogP contribution in [0.1, 0.15) is 38.3 Å². The van der Waals surface area contributed by atoms with Gasteiger partial charge < -0.3 is 15.2 Å². The lowest BCUT2D eigenvalue weighted by molar-refractivity contribution is 0.0932. The summed E-state index contributed by atoms with van der Waals surface area (Å²) in [5, 5.41) is 0. The van der Waals surface area contributed by atoms with Crippen molar-refractivity contribution in [3.8, 4) is 11.5 Å². The molecular formula is C23H22N2O4. The number of fused-ring (bicyclic) bond motifs is 1. The number of hydrogen-bond donors (Lipinski definition) is 1. The van der Waals surface area contributed by atoms with Crippen molar-refractivity contribution in [2.24, 2.45) is 5.73 Å². The third-order valence-electron chi connectivity index (χ3n) is 4.41. The molecule has 0 unspecified atom stereocenters. The number of amides is 1. The van der Waals surface area contributed by atoms with Gasteiger partial charge in [-0.15, -0.1) is 0 Å². The van der Waals surface area contributed by atoms with Gasteiger partial charge in [0.1, 0.15) is 18.1 Å². The Hall–Kier alpha value is -3.67. The van der Waals surface area contributed by atoms with Gasteiger partial charge in [0.2, 0.25) is 5.91 Å². The number of nitrogens with zero attached hydrogens (tertiary/aromatic N) is 1. The van der Waals surface area contributed by atoms with Crippen molar-refractivity contribution in [3.05, 3.63) is 89.2 Å². The Balaban J connectivity index is 0.000000204. The molecule has 1 aliphatic heterocycles. The van der Waals surface area contributed by atoms with Crippen LogP contribution >= 0.6 is 0 Å². The molecule has 1 aromatic heterocycles. The second kappa shape index (κ2) is 9.50. The maximum atomic E-state index is 11.6. The zero-order valence-corrected chi connectivity index (χ0v) is 16.1. The lowest BCUT2D eigenvalue weighted by Crippen LogP contribution is -2.15. The van der Waals surface area contributed by atoms with Gasteiger partial charge in [-0.05, 0) is 48.4 Å². The molecule has 3 aromatic rings. The predicted octanol–water partition coefficient (Wildman–Crippen LogP) is 3.72. The highest BCUT2D eigenvalue weighted by Crippen LogP contribution is 2.29. The largest absolute Gasteiger partial charge is 0.492 e. The first kappa shape index (κ1) is 20.1. The first-order valence-electron chi connectivity index (χ1n) is 9.22. The van der Waals surface area contributed by atoms with Crippen LogP contribution in [0, 0.1) is 6.92 Å². The number of nitrogens with two attached hydrogens (primary N) is 1. The summed E-state index contributed by atoms with van der Waals surface area (Å²) in [5.74, 6) is 1.08. The minimum Gasteiger partial charge on any atom is -0.492 e. The van der Waals surface area contributed by atoms with E-state index in [0.717, 1.165) is 11.1 Å². The molecule has 0 fully saturated rings. The van der Waals surface area contributed by atoms with Crippen LogP contribution in [0.15, 0.2) is 67.0 Å². The minimum absolute atomic E-state index is 0.127. The molecule has 29 heavy (non-hydrogen) atoms. The van der Waals surface area contributed by atoms with E-state index < -0.39 is 0 Å². The van der Waals surface area contributed by atoms with Gasteiger partial charge in [-0.3, -0.25) is 14.6 Å². The van der Waals surface area contributed by atoms with E-state index in [4.69, 9.17) is 15.2 Å². The summed E-state index contributed by atoms with van der Waals surface area (Å²) in [6.45, 7) is 2.77. The number of primary amides is 1. The number of aromatic nitrogens is 1. The van der Waals surface area contributed by atoms with Crippen LogP contribution in [0.25, 0.3) is 0 Å². The maximum Gasteiger partial charge on any atom is 0.248 e. The Bertz CT molecular complexity index is 1000. The van der Waals surface area contributed by atoms with Crippen LogP contribution in [0.4, 0.5) is 0 Å². The molecule has 0 atom stereocenters. The van der Waals surface area contributed by atoms with Crippen LogP contribution in [-0.4, -0.2) is 23.3 Å². The van der Waals surface area contributed by atoms with Crippen molar-refractivity contribution in [2.75, 3.05) is 6.61 Å². The average Bonchev–Trinajstić information content (AvgIpc) is 2.74. The number of aryl methyl sites for hydroxylation is 1. The number of rotatable bonds is 4. The molecule has 0 radical (unpaired) electrons. The summed E-state index contributed by atoms with van der Waals surface area (Å²) in [7, 11) is 0. The quantitative estimate of drug-likeness (QED) is 0.733. The van der Waals surface area contributed by atoms with Crippen molar-refractivity contribution in [1.82, 2.24) is 4.98 Å². The number of carbonyl (C=O) groups excluding carboxylic acids is 2. The van der Waals surface area contributed by atoms with Gasteiger partial charge in [-0.1, -0.05) is 18.2 Å². The molecule has 6 heteroatoms. The highest BCUT2D eigenvalue weighted by molar-refractivity contribution is 5.99. The SMILES string of the molecule is Cc1ccccc1C(N)=O.O=C1CCOc2cc(OCc3ccncc3)ccc21. The van der Waals surface area contributed by atoms with Crippen molar-refractivity contribution >= 4 is 11.7 Å². The zero-order chi connectivity index (χ0) is 20.6. The molecule has 0 saturated carbocycles. The lowest BCUT2D eigenvalue weighted by atomic mass is 10.1. The number of hydrogen-bond acceptors (Lipinski definition) is 5. The molecule has 6 nitrogen and oxygen atoms in total. The maximum absolute atomic E-state index is 11.6. The first-order chi connectivity index (χ1) is 14.0. The molecule has 0 aliphatic carbocycles. The van der Waals surface area contributed by atoms with E-state index >= 15 is 0 Å². The Morgan fingerprint density at radius 3 is 2.59 bits per heavy atom. The van der Waals surface area contributed by atoms with Crippen molar-refractivity contribution in [1.29, 1.82) is 0 Å². The van der Waals surface area contributed by atoms with Gasteiger partial charge in [0.25, 0.3) is 0 Å². The van der Waals surface area contributed by atoms with Gasteiger partial charge in [-0.2, -0.15) is 0 Å². The number of Topliss-reactive ketones (excluding diaryl/α,β-unsaturated/α-hetero) is 1. The number of pyridine rings is 1. The van der Waals surface area contributed by atoms with E-state index in [9.17, 15) is 9.59 Å². The summed E-state index contributed by atoms with van der Waals surface area (Å²) < 4.78 is 11.2. The van der Waals surface area contributed by atoms with Gasteiger partial charge in [0, 0.05) is 30.4 Å². The van der Waals surface area contributed by atoms with E-state index in [2.05, 4.69) is 4.98 Å². The fraction of sp³-hybridized carbons (Fsp3) is 0.174. The summed E-state index contributed by atoms with van der Waals surface area (Å²) in [6.07, 6.45) is 3.91. The molecule has 2 heterocycles. The Labute approximate surface area is 169 Å². The van der Waals surface area contributed by atoms with E-state index in [0.29, 0.717) is 42.3 Å². The molecule has 1 amide bonds. The summed E-state index contributed by atoms with van der Waals surface area (Å²) in [5.41, 5.74) is 8.29. The summed E-state index contributed by atoms with van der Waals surface area (Å²) in [6, 6.07) is 16.4. The van der Waals surface area contributed by atoms with Gasteiger partial charge >= 0.3 is 0 Å². The van der Waals surface area contributed by atoms with Crippen LogP contribution in [-0.2, 0) is 6.61 Å². The van der Waals surface area contributed by atoms with E-state index in [1.54, 1.807) is 42.7 Å². The fourth-order valence-corrected chi connectivity index (χ4v) is 2.83. The topological polar surface area (TPSA) is 91.5 Å². The second-order valence-corrected chi connectivity index (χ2v) is 6.50. The lowest BCUT2D eigenvalue weighted by Gasteiger charge is -2.17. The average molecular weight is 390 g/mol. The van der Waals surface area contributed by atoms with Crippen LogP contribution in [0.3, 0.4) is 0 Å². The highest BCUT2D eigenvalue weighted by Gasteiger charge is 2.18. The molecule has 2 N–H and O–H groups in total. The molecular weight excluding hydrogens is 368 g/mol. The molecule has 0 saturated heterocycles. The molecule has 0 bridgehead atoms. The van der Waals surface area contributed by atoms with Crippen molar-refractivity contribution in [2.45, 2.75) is 20.0 Å². The Morgan fingerprint density at radius 2 is 1.90 bits per heavy atom. The van der Waals surface area contributed by atoms with E-state index in [1.807, 2.05) is 31.2 Å². The standard InChI is InChI=1S/C15H13NO3.C8H9NO/c17-14-5-8-18-15-9-12(1-2-13(14)15)19-10-11-3-6-16-7-4-11;1-6-4-2-3-5-7(6)8(9)10/h1-4,6-7,9H,5,8,10H2;2-5H,1H3,(H2,9,10). The summed E-state index contributed by atoms with van der Waals surface area (Å²) in [4.78, 5) is 26.2. The molecule has 0 spiro atoms.